The van der Waals surface area contributed by atoms with Gasteiger partial charge in [0, 0.05) is 6.54 Å². The molecule has 100 valence electrons. The highest BCUT2D eigenvalue weighted by atomic mass is 16.4. The standard InChI is InChI=1S/C15H18N2O2/c1-3-4-9-17-14(10-13(16-17)15(18)19)12-7-5-11(2)6-8-12/h5-8,10H,3-4,9H2,1-2H3,(H,18,19). The molecular weight excluding hydrogens is 240 g/mol. The summed E-state index contributed by atoms with van der Waals surface area (Å²) in [5.74, 6) is -0.983. The van der Waals surface area contributed by atoms with Crippen molar-refractivity contribution >= 4 is 5.97 Å². The van der Waals surface area contributed by atoms with E-state index in [0.717, 1.165) is 30.6 Å². The number of unbranched alkanes of at least 4 members (excludes halogenated alkanes) is 1. The molecule has 4 heteroatoms. The number of carboxylic acids is 1. The molecule has 0 fully saturated rings. The lowest BCUT2D eigenvalue weighted by Crippen LogP contribution is -2.04. The number of nitrogens with zero attached hydrogens (tertiary/aromatic N) is 2. The minimum atomic E-state index is -0.983. The van der Waals surface area contributed by atoms with E-state index in [1.807, 2.05) is 31.2 Å². The highest BCUT2D eigenvalue weighted by Gasteiger charge is 2.14. The minimum absolute atomic E-state index is 0.103. The molecule has 0 atom stereocenters. The Morgan fingerprint density at radius 1 is 1.32 bits per heavy atom. The Morgan fingerprint density at radius 3 is 2.58 bits per heavy atom. The van der Waals surface area contributed by atoms with Gasteiger partial charge in [-0.3, -0.25) is 4.68 Å². The smallest absolute Gasteiger partial charge is 0.356 e. The summed E-state index contributed by atoms with van der Waals surface area (Å²) in [5, 5.41) is 13.2. The molecule has 0 aliphatic carbocycles. The number of rotatable bonds is 5. The molecule has 1 aromatic carbocycles. The maximum Gasteiger partial charge on any atom is 0.356 e. The van der Waals surface area contributed by atoms with E-state index in [1.54, 1.807) is 10.7 Å². The van der Waals surface area contributed by atoms with Crippen molar-refractivity contribution in [2.24, 2.45) is 0 Å². The van der Waals surface area contributed by atoms with Crippen LogP contribution in [0.5, 0.6) is 0 Å². The fraction of sp³-hybridized carbons (Fsp3) is 0.333. The van der Waals surface area contributed by atoms with Gasteiger partial charge in [-0.05, 0) is 25.0 Å². The molecule has 0 spiro atoms. The number of hydrogen-bond donors (Lipinski definition) is 1. The molecule has 0 aliphatic rings. The van der Waals surface area contributed by atoms with Crippen molar-refractivity contribution in [3.8, 4) is 11.3 Å². The number of benzene rings is 1. The fourth-order valence-electron chi connectivity index (χ4n) is 1.96. The van der Waals surface area contributed by atoms with Crippen molar-refractivity contribution in [2.45, 2.75) is 33.2 Å². The quantitative estimate of drug-likeness (QED) is 0.894. The average Bonchev–Trinajstić information content (AvgIpc) is 2.81. The summed E-state index contributed by atoms with van der Waals surface area (Å²) >= 11 is 0. The first-order valence-electron chi connectivity index (χ1n) is 6.50. The van der Waals surface area contributed by atoms with Gasteiger partial charge in [-0.1, -0.05) is 43.2 Å². The molecule has 1 heterocycles. The van der Waals surface area contributed by atoms with Gasteiger partial charge in [-0.15, -0.1) is 0 Å². The maximum atomic E-state index is 11.0. The number of carboxylic acid groups (broad SMARTS) is 1. The van der Waals surface area contributed by atoms with Crippen LogP contribution in [0, 0.1) is 6.92 Å². The predicted molar refractivity (Wildman–Crippen MR) is 74.3 cm³/mol. The summed E-state index contributed by atoms with van der Waals surface area (Å²) in [7, 11) is 0. The summed E-state index contributed by atoms with van der Waals surface area (Å²) in [4.78, 5) is 11.0. The lowest BCUT2D eigenvalue weighted by atomic mass is 10.1. The second-order valence-corrected chi connectivity index (χ2v) is 4.66. The molecule has 0 saturated carbocycles. The summed E-state index contributed by atoms with van der Waals surface area (Å²) < 4.78 is 1.79. The van der Waals surface area contributed by atoms with Gasteiger partial charge in [0.2, 0.25) is 0 Å². The van der Waals surface area contributed by atoms with E-state index in [4.69, 9.17) is 5.11 Å². The zero-order valence-electron chi connectivity index (χ0n) is 11.3. The van der Waals surface area contributed by atoms with Crippen LogP contribution in [0.4, 0.5) is 0 Å². The Hall–Kier alpha value is -2.10. The molecule has 0 amide bonds. The monoisotopic (exact) mass is 258 g/mol. The van der Waals surface area contributed by atoms with Crippen LogP contribution in [0.15, 0.2) is 30.3 Å². The van der Waals surface area contributed by atoms with Gasteiger partial charge < -0.3 is 5.11 Å². The zero-order valence-corrected chi connectivity index (χ0v) is 11.3. The molecule has 19 heavy (non-hydrogen) atoms. The van der Waals surface area contributed by atoms with Gasteiger partial charge in [0.05, 0.1) is 5.69 Å². The zero-order chi connectivity index (χ0) is 13.8. The lowest BCUT2D eigenvalue weighted by Gasteiger charge is -2.06. The molecule has 1 aromatic heterocycles. The van der Waals surface area contributed by atoms with Crippen LogP contribution in [0.1, 0.15) is 35.8 Å². The third-order valence-electron chi connectivity index (χ3n) is 3.07. The molecule has 4 nitrogen and oxygen atoms in total. The Morgan fingerprint density at radius 2 is 2.00 bits per heavy atom. The maximum absolute atomic E-state index is 11.0. The third kappa shape index (κ3) is 3.02. The van der Waals surface area contributed by atoms with E-state index in [9.17, 15) is 4.79 Å². The van der Waals surface area contributed by atoms with E-state index < -0.39 is 5.97 Å². The van der Waals surface area contributed by atoms with Crippen LogP contribution in [-0.2, 0) is 6.54 Å². The average molecular weight is 258 g/mol. The Bertz CT molecular complexity index is 570. The molecule has 0 saturated heterocycles. The number of carbonyl (C=O) groups is 1. The molecule has 0 bridgehead atoms. The van der Waals surface area contributed by atoms with E-state index in [2.05, 4.69) is 12.0 Å². The van der Waals surface area contributed by atoms with Crippen LogP contribution in [0.3, 0.4) is 0 Å². The van der Waals surface area contributed by atoms with Crippen molar-refractivity contribution in [3.63, 3.8) is 0 Å². The van der Waals surface area contributed by atoms with Crippen LogP contribution in [0.2, 0.25) is 0 Å². The van der Waals surface area contributed by atoms with Gasteiger partial charge >= 0.3 is 5.97 Å². The van der Waals surface area contributed by atoms with Crippen molar-refractivity contribution < 1.29 is 9.90 Å². The molecule has 1 N–H and O–H groups in total. The first kappa shape index (κ1) is 13.3. The fourth-order valence-corrected chi connectivity index (χ4v) is 1.96. The van der Waals surface area contributed by atoms with Crippen molar-refractivity contribution in [3.05, 3.63) is 41.6 Å². The summed E-state index contributed by atoms with van der Waals surface area (Å²) in [6.07, 6.45) is 2.04. The number of aromatic carboxylic acids is 1. The Kier molecular flexibility index (Phi) is 4.00. The van der Waals surface area contributed by atoms with Crippen molar-refractivity contribution in [1.82, 2.24) is 9.78 Å². The normalized spacial score (nSPS) is 10.6. The van der Waals surface area contributed by atoms with Gasteiger partial charge in [0.25, 0.3) is 0 Å². The van der Waals surface area contributed by atoms with E-state index in [0.29, 0.717) is 0 Å². The van der Waals surface area contributed by atoms with Gasteiger partial charge in [0.1, 0.15) is 0 Å². The molecule has 0 aliphatic heterocycles. The van der Waals surface area contributed by atoms with Crippen molar-refractivity contribution in [1.29, 1.82) is 0 Å². The van der Waals surface area contributed by atoms with E-state index in [1.165, 1.54) is 5.56 Å². The van der Waals surface area contributed by atoms with Crippen LogP contribution < -0.4 is 0 Å². The number of aryl methyl sites for hydroxylation is 2. The van der Waals surface area contributed by atoms with Crippen LogP contribution >= 0.6 is 0 Å². The van der Waals surface area contributed by atoms with Gasteiger partial charge in [-0.25, -0.2) is 4.79 Å². The number of hydrogen-bond acceptors (Lipinski definition) is 2. The van der Waals surface area contributed by atoms with E-state index >= 15 is 0 Å². The number of aromatic nitrogens is 2. The highest BCUT2D eigenvalue weighted by Crippen LogP contribution is 2.21. The SMILES string of the molecule is CCCCn1nc(C(=O)O)cc1-c1ccc(C)cc1. The molecular formula is C15H18N2O2. The van der Waals surface area contributed by atoms with Crippen molar-refractivity contribution in [2.75, 3.05) is 0 Å². The summed E-state index contributed by atoms with van der Waals surface area (Å²) in [5.41, 5.74) is 3.15. The predicted octanol–water partition coefficient (Wildman–Crippen LogP) is 3.36. The molecule has 2 aromatic rings. The largest absolute Gasteiger partial charge is 0.476 e. The first-order valence-corrected chi connectivity index (χ1v) is 6.50. The minimum Gasteiger partial charge on any atom is -0.476 e. The third-order valence-corrected chi connectivity index (χ3v) is 3.07. The second kappa shape index (κ2) is 5.69. The Balaban J connectivity index is 2.41. The van der Waals surface area contributed by atoms with Crippen LogP contribution in [-0.4, -0.2) is 20.9 Å². The first-order chi connectivity index (χ1) is 9.11. The Labute approximate surface area is 112 Å². The topological polar surface area (TPSA) is 55.1 Å². The van der Waals surface area contributed by atoms with Crippen LogP contribution in [0.25, 0.3) is 11.3 Å². The van der Waals surface area contributed by atoms with Gasteiger partial charge in [0.15, 0.2) is 5.69 Å². The van der Waals surface area contributed by atoms with Gasteiger partial charge in [-0.2, -0.15) is 5.10 Å². The van der Waals surface area contributed by atoms with E-state index in [-0.39, 0.29) is 5.69 Å². The summed E-state index contributed by atoms with van der Waals surface area (Å²) in [6, 6.07) is 9.68. The lowest BCUT2D eigenvalue weighted by molar-refractivity contribution is 0.0689. The second-order valence-electron chi connectivity index (χ2n) is 4.66. The summed E-state index contributed by atoms with van der Waals surface area (Å²) in [6.45, 7) is 4.88. The molecule has 2 rings (SSSR count). The highest BCUT2D eigenvalue weighted by molar-refractivity contribution is 5.87. The molecule has 0 radical (unpaired) electrons. The molecule has 0 unspecified atom stereocenters.